The van der Waals surface area contributed by atoms with Crippen LogP contribution in [0.15, 0.2) is 78.0 Å². The first-order valence-corrected chi connectivity index (χ1v) is 9.75. The Labute approximate surface area is 166 Å². The number of carboxylic acid groups (broad SMARTS) is 1. The van der Waals surface area contributed by atoms with Crippen molar-refractivity contribution in [3.8, 4) is 11.1 Å². The third kappa shape index (κ3) is 4.42. The van der Waals surface area contributed by atoms with Crippen LogP contribution in [0.5, 0.6) is 0 Å². The number of rotatable bonds is 6. The third-order valence-corrected chi connectivity index (χ3v) is 5.77. The molecule has 148 valence electrons. The third-order valence-electron chi connectivity index (χ3n) is 4.12. The van der Waals surface area contributed by atoms with Crippen LogP contribution in [-0.2, 0) is 14.8 Å². The highest BCUT2D eigenvalue weighted by atomic mass is 32.2. The number of hydrogen-bond donors (Lipinski definition) is 3. The molecule has 0 aliphatic carbocycles. The van der Waals surface area contributed by atoms with Crippen LogP contribution in [0, 0.1) is 0 Å². The molecule has 0 spiro atoms. The van der Waals surface area contributed by atoms with Crippen LogP contribution < -0.4 is 5.48 Å². The van der Waals surface area contributed by atoms with Crippen molar-refractivity contribution in [1.82, 2.24) is 9.45 Å². The first-order valence-electron chi connectivity index (χ1n) is 8.31. The van der Waals surface area contributed by atoms with Crippen molar-refractivity contribution < 1.29 is 28.3 Å². The summed E-state index contributed by atoms with van der Waals surface area (Å²) in [5, 5.41) is 17.4. The van der Waals surface area contributed by atoms with Gasteiger partial charge in [0.2, 0.25) is 0 Å². The van der Waals surface area contributed by atoms with Gasteiger partial charge < -0.3 is 5.11 Å². The van der Waals surface area contributed by atoms with E-state index in [2.05, 4.69) is 0 Å². The van der Waals surface area contributed by atoms with Gasteiger partial charge in [0.05, 0.1) is 10.5 Å². The van der Waals surface area contributed by atoms with Crippen LogP contribution in [0.1, 0.15) is 15.9 Å². The molecule has 1 amide bonds. The molecule has 0 bridgehead atoms. The lowest BCUT2D eigenvalue weighted by molar-refractivity contribution is -0.124. The maximum Gasteiger partial charge on any atom is 0.335 e. The molecule has 0 aliphatic heterocycles. The number of carbonyl (C=O) groups is 2. The molecule has 0 radical (unpaired) electrons. The second kappa shape index (κ2) is 8.13. The van der Waals surface area contributed by atoms with E-state index in [0.29, 0.717) is 5.56 Å². The van der Waals surface area contributed by atoms with Crippen molar-refractivity contribution in [3.63, 3.8) is 0 Å². The summed E-state index contributed by atoms with van der Waals surface area (Å²) in [6, 6.07) is 14.0. The Morgan fingerprint density at radius 3 is 2.07 bits per heavy atom. The number of hydroxylamine groups is 1. The number of carbonyl (C=O) groups excluding carboxylic acids is 1. The van der Waals surface area contributed by atoms with Gasteiger partial charge in [-0.15, -0.1) is 0 Å². The summed E-state index contributed by atoms with van der Waals surface area (Å²) in [6.45, 7) is 0. The van der Waals surface area contributed by atoms with Crippen LogP contribution >= 0.6 is 0 Å². The molecule has 3 rings (SSSR count). The average Bonchev–Trinajstić information content (AvgIpc) is 3.22. The molecule has 0 aliphatic rings. The first kappa shape index (κ1) is 20.1. The lowest BCUT2D eigenvalue weighted by atomic mass is 10.0. The second-order valence-electron chi connectivity index (χ2n) is 6.00. The maximum atomic E-state index is 12.8. The van der Waals surface area contributed by atoms with Gasteiger partial charge in [0.1, 0.15) is 0 Å². The van der Waals surface area contributed by atoms with E-state index in [9.17, 15) is 18.0 Å². The summed E-state index contributed by atoms with van der Waals surface area (Å²) >= 11 is 0. The Hall–Kier alpha value is -3.69. The summed E-state index contributed by atoms with van der Waals surface area (Å²) in [4.78, 5) is 22.0. The Bertz CT molecular complexity index is 1180. The number of nitrogens with zero attached hydrogens (tertiary/aromatic N) is 1. The van der Waals surface area contributed by atoms with Crippen LogP contribution in [-0.4, -0.2) is 34.6 Å². The SMILES string of the molecule is O=C(C=Cc1ccn(S(=O)(=O)c2ccc(-c3ccc(C(=O)O)cc3)cc2)c1)NO. The highest BCUT2D eigenvalue weighted by molar-refractivity contribution is 7.90. The monoisotopic (exact) mass is 412 g/mol. The number of benzene rings is 2. The van der Waals surface area contributed by atoms with Crippen molar-refractivity contribution in [2.75, 3.05) is 0 Å². The summed E-state index contributed by atoms with van der Waals surface area (Å²) in [5.41, 5.74) is 3.58. The smallest absolute Gasteiger partial charge is 0.335 e. The molecule has 0 fully saturated rings. The van der Waals surface area contributed by atoms with Gasteiger partial charge in [0.15, 0.2) is 0 Å². The molecule has 1 aromatic heterocycles. The van der Waals surface area contributed by atoms with Gasteiger partial charge in [-0.05, 0) is 53.1 Å². The largest absolute Gasteiger partial charge is 0.478 e. The van der Waals surface area contributed by atoms with E-state index >= 15 is 0 Å². The molecule has 0 unspecified atom stereocenters. The maximum absolute atomic E-state index is 12.8. The fourth-order valence-electron chi connectivity index (χ4n) is 2.60. The number of nitrogens with one attached hydrogen (secondary N) is 1. The molecular formula is C20H16N2O6S. The quantitative estimate of drug-likeness (QED) is 0.325. The predicted molar refractivity (Wildman–Crippen MR) is 105 cm³/mol. The predicted octanol–water partition coefficient (Wildman–Crippen LogP) is 2.61. The van der Waals surface area contributed by atoms with Gasteiger partial charge in [-0.2, -0.15) is 0 Å². The van der Waals surface area contributed by atoms with Gasteiger partial charge in [-0.1, -0.05) is 24.3 Å². The van der Waals surface area contributed by atoms with Gasteiger partial charge in [-0.3, -0.25) is 10.0 Å². The van der Waals surface area contributed by atoms with E-state index in [1.807, 2.05) is 0 Å². The molecular weight excluding hydrogens is 396 g/mol. The molecule has 8 nitrogen and oxygen atoms in total. The van der Waals surface area contributed by atoms with E-state index in [0.717, 1.165) is 21.2 Å². The number of carboxylic acids is 1. The molecule has 0 saturated carbocycles. The van der Waals surface area contributed by atoms with E-state index in [4.69, 9.17) is 10.3 Å². The number of amides is 1. The molecule has 29 heavy (non-hydrogen) atoms. The summed E-state index contributed by atoms with van der Waals surface area (Å²) in [7, 11) is -3.82. The van der Waals surface area contributed by atoms with Crippen LogP contribution in [0.2, 0.25) is 0 Å². The Morgan fingerprint density at radius 1 is 0.931 bits per heavy atom. The van der Waals surface area contributed by atoms with Crippen molar-refractivity contribution in [2.45, 2.75) is 4.90 Å². The molecule has 3 N–H and O–H groups in total. The van der Waals surface area contributed by atoms with Gasteiger partial charge in [-0.25, -0.2) is 22.7 Å². The zero-order chi connectivity index (χ0) is 21.0. The summed E-state index contributed by atoms with van der Waals surface area (Å²) < 4.78 is 26.6. The second-order valence-corrected chi connectivity index (χ2v) is 7.84. The van der Waals surface area contributed by atoms with E-state index in [1.165, 1.54) is 54.3 Å². The molecule has 2 aromatic carbocycles. The van der Waals surface area contributed by atoms with Crippen molar-refractivity contribution >= 4 is 28.0 Å². The molecule has 3 aromatic rings. The van der Waals surface area contributed by atoms with Crippen molar-refractivity contribution in [3.05, 3.63) is 84.2 Å². The number of aromatic carboxylic acids is 1. The lowest BCUT2D eigenvalue weighted by Crippen LogP contribution is -2.14. The number of aromatic nitrogens is 1. The van der Waals surface area contributed by atoms with Crippen LogP contribution in [0.25, 0.3) is 17.2 Å². The molecule has 0 saturated heterocycles. The summed E-state index contributed by atoms with van der Waals surface area (Å²) in [6.07, 6.45) is 5.12. The average molecular weight is 412 g/mol. The standard InChI is InChI=1S/C20H16N2O6S/c23-19(21-26)10-1-14-11-12-22(13-14)29(27,28)18-8-6-16(7-9-18)15-2-4-17(5-3-15)20(24)25/h1-13,26H,(H,21,23)(H,24,25). The highest BCUT2D eigenvalue weighted by Gasteiger charge is 2.16. The fraction of sp³-hybridized carbons (Fsp3) is 0. The highest BCUT2D eigenvalue weighted by Crippen LogP contribution is 2.23. The zero-order valence-corrected chi connectivity index (χ0v) is 15.7. The topological polar surface area (TPSA) is 126 Å². The zero-order valence-electron chi connectivity index (χ0n) is 14.9. The summed E-state index contributed by atoms with van der Waals surface area (Å²) in [5.74, 6) is -1.75. The van der Waals surface area contributed by atoms with E-state index < -0.39 is 21.9 Å². The minimum atomic E-state index is -3.82. The normalized spacial score (nSPS) is 11.5. The first-order chi connectivity index (χ1) is 13.8. The van der Waals surface area contributed by atoms with Gasteiger partial charge >= 0.3 is 5.97 Å². The van der Waals surface area contributed by atoms with E-state index in [-0.39, 0.29) is 10.5 Å². The Morgan fingerprint density at radius 2 is 1.52 bits per heavy atom. The molecule has 9 heteroatoms. The molecule has 0 atom stereocenters. The molecule has 1 heterocycles. The van der Waals surface area contributed by atoms with Crippen molar-refractivity contribution in [1.29, 1.82) is 0 Å². The Balaban J connectivity index is 1.83. The lowest BCUT2D eigenvalue weighted by Gasteiger charge is -2.07. The minimum absolute atomic E-state index is 0.0719. The van der Waals surface area contributed by atoms with Crippen LogP contribution in [0.3, 0.4) is 0 Å². The minimum Gasteiger partial charge on any atom is -0.478 e. The Kier molecular flexibility index (Phi) is 5.62. The fourth-order valence-corrected chi connectivity index (χ4v) is 3.80. The van der Waals surface area contributed by atoms with Crippen LogP contribution in [0.4, 0.5) is 0 Å². The van der Waals surface area contributed by atoms with Gasteiger partial charge in [0, 0.05) is 18.5 Å². The van der Waals surface area contributed by atoms with Crippen molar-refractivity contribution in [2.24, 2.45) is 0 Å². The van der Waals surface area contributed by atoms with Gasteiger partial charge in [0.25, 0.3) is 15.9 Å². The number of hydrogen-bond acceptors (Lipinski definition) is 5. The van der Waals surface area contributed by atoms with E-state index in [1.54, 1.807) is 24.3 Å².